The molecule has 1 heterocycles. The fraction of sp³-hybridized carbons (Fsp3) is 0.429. The van der Waals surface area contributed by atoms with Crippen molar-refractivity contribution in [1.29, 1.82) is 0 Å². The third-order valence-electron chi connectivity index (χ3n) is 3.44. The number of rotatable bonds is 3. The first-order chi connectivity index (χ1) is 9.06. The van der Waals surface area contributed by atoms with E-state index in [1.165, 1.54) is 18.2 Å². The van der Waals surface area contributed by atoms with Crippen molar-refractivity contribution in [3.05, 3.63) is 35.6 Å². The molecular formula is C14H16FNO3. The third kappa shape index (κ3) is 3.53. The van der Waals surface area contributed by atoms with Gasteiger partial charge in [-0.3, -0.25) is 9.59 Å². The van der Waals surface area contributed by atoms with Gasteiger partial charge in [0, 0.05) is 25.1 Å². The smallest absolute Gasteiger partial charge is 0.303 e. The number of carboxylic acids is 1. The zero-order valence-corrected chi connectivity index (χ0v) is 10.5. The second kappa shape index (κ2) is 5.82. The number of hydrogen-bond donors (Lipinski definition) is 1. The van der Waals surface area contributed by atoms with Crippen LogP contribution >= 0.6 is 0 Å². The van der Waals surface area contributed by atoms with Crippen molar-refractivity contribution < 1.29 is 19.1 Å². The van der Waals surface area contributed by atoms with E-state index in [1.54, 1.807) is 11.0 Å². The molecule has 1 fully saturated rings. The summed E-state index contributed by atoms with van der Waals surface area (Å²) in [6.45, 7) is 1.07. The van der Waals surface area contributed by atoms with Gasteiger partial charge < -0.3 is 10.0 Å². The fourth-order valence-electron chi connectivity index (χ4n) is 2.39. The minimum absolute atomic E-state index is 0.133. The molecule has 0 saturated carbocycles. The quantitative estimate of drug-likeness (QED) is 0.911. The number of benzene rings is 1. The zero-order chi connectivity index (χ0) is 13.8. The molecule has 0 aliphatic carbocycles. The lowest BCUT2D eigenvalue weighted by molar-refractivity contribution is -0.138. The maximum atomic E-state index is 13.1. The van der Waals surface area contributed by atoms with E-state index in [-0.39, 0.29) is 18.2 Å². The van der Waals surface area contributed by atoms with Crippen LogP contribution in [0.3, 0.4) is 0 Å². The highest BCUT2D eigenvalue weighted by atomic mass is 19.1. The van der Waals surface area contributed by atoms with Crippen molar-refractivity contribution in [2.24, 2.45) is 5.92 Å². The first-order valence-electron chi connectivity index (χ1n) is 6.33. The van der Waals surface area contributed by atoms with Crippen LogP contribution in [0.25, 0.3) is 0 Å². The van der Waals surface area contributed by atoms with Gasteiger partial charge in [-0.2, -0.15) is 0 Å². The number of nitrogens with zero attached hydrogens (tertiary/aromatic N) is 1. The molecule has 0 radical (unpaired) electrons. The summed E-state index contributed by atoms with van der Waals surface area (Å²) in [6.07, 6.45) is 1.53. The Morgan fingerprint density at radius 1 is 1.32 bits per heavy atom. The highest BCUT2D eigenvalue weighted by Crippen LogP contribution is 2.21. The van der Waals surface area contributed by atoms with E-state index >= 15 is 0 Å². The Hall–Kier alpha value is -1.91. The second-order valence-electron chi connectivity index (χ2n) is 4.84. The monoisotopic (exact) mass is 265 g/mol. The summed E-state index contributed by atoms with van der Waals surface area (Å²) >= 11 is 0. The van der Waals surface area contributed by atoms with Crippen molar-refractivity contribution in [3.63, 3.8) is 0 Å². The summed E-state index contributed by atoms with van der Waals surface area (Å²) in [5, 5.41) is 8.73. The molecule has 1 aliphatic heterocycles. The lowest BCUT2D eigenvalue weighted by Gasteiger charge is -2.31. The number of aliphatic carboxylic acids is 1. The molecular weight excluding hydrogens is 249 g/mol. The van der Waals surface area contributed by atoms with Crippen LogP contribution in [-0.2, 0) is 4.79 Å². The zero-order valence-electron chi connectivity index (χ0n) is 10.5. The molecule has 1 aliphatic rings. The Morgan fingerprint density at radius 3 is 2.58 bits per heavy atom. The van der Waals surface area contributed by atoms with Gasteiger partial charge in [-0.1, -0.05) is 6.07 Å². The van der Waals surface area contributed by atoms with Gasteiger partial charge in [0.05, 0.1) is 0 Å². The molecule has 0 spiro atoms. The van der Waals surface area contributed by atoms with E-state index in [9.17, 15) is 14.0 Å². The number of carbonyl (C=O) groups is 2. The van der Waals surface area contributed by atoms with Gasteiger partial charge in [-0.05, 0) is 37.0 Å². The average Bonchev–Trinajstić information content (AvgIpc) is 2.38. The fourth-order valence-corrected chi connectivity index (χ4v) is 2.39. The summed E-state index contributed by atoms with van der Waals surface area (Å²) in [5.41, 5.74) is 0.344. The number of halogens is 1. The summed E-state index contributed by atoms with van der Waals surface area (Å²) in [7, 11) is 0. The molecule has 1 aromatic carbocycles. The Kier molecular flexibility index (Phi) is 4.14. The molecule has 1 saturated heterocycles. The van der Waals surface area contributed by atoms with Crippen LogP contribution in [0.4, 0.5) is 4.39 Å². The normalized spacial score (nSPS) is 16.4. The number of likely N-dealkylation sites (tertiary alicyclic amines) is 1. The van der Waals surface area contributed by atoms with Crippen LogP contribution < -0.4 is 0 Å². The minimum Gasteiger partial charge on any atom is -0.481 e. The lowest BCUT2D eigenvalue weighted by Crippen LogP contribution is -2.38. The minimum atomic E-state index is -0.796. The molecule has 1 N–H and O–H groups in total. The van der Waals surface area contributed by atoms with Crippen LogP contribution in [0.15, 0.2) is 24.3 Å². The summed E-state index contributed by atoms with van der Waals surface area (Å²) in [5.74, 6) is -1.27. The van der Waals surface area contributed by atoms with Crippen LogP contribution in [0.2, 0.25) is 0 Å². The van der Waals surface area contributed by atoms with E-state index in [0.717, 1.165) is 0 Å². The Balaban J connectivity index is 1.94. The highest BCUT2D eigenvalue weighted by molar-refractivity contribution is 5.94. The maximum absolute atomic E-state index is 13.1. The van der Waals surface area contributed by atoms with Crippen molar-refractivity contribution in [2.75, 3.05) is 13.1 Å². The van der Waals surface area contributed by atoms with Crippen LogP contribution in [-0.4, -0.2) is 35.0 Å². The van der Waals surface area contributed by atoms with Gasteiger partial charge in [-0.15, -0.1) is 0 Å². The van der Waals surface area contributed by atoms with E-state index in [0.29, 0.717) is 31.5 Å². The Morgan fingerprint density at radius 2 is 2.00 bits per heavy atom. The van der Waals surface area contributed by atoms with E-state index in [1.807, 2.05) is 0 Å². The molecule has 0 unspecified atom stereocenters. The van der Waals surface area contributed by atoms with Crippen LogP contribution in [0, 0.1) is 11.7 Å². The Labute approximate surface area is 110 Å². The van der Waals surface area contributed by atoms with E-state index < -0.39 is 11.8 Å². The average molecular weight is 265 g/mol. The topological polar surface area (TPSA) is 57.6 Å². The molecule has 5 heteroatoms. The summed E-state index contributed by atoms with van der Waals surface area (Å²) < 4.78 is 13.1. The first-order valence-corrected chi connectivity index (χ1v) is 6.33. The molecule has 0 bridgehead atoms. The second-order valence-corrected chi connectivity index (χ2v) is 4.84. The Bertz CT molecular complexity index is 481. The predicted octanol–water partition coefficient (Wildman–Crippen LogP) is 2.15. The summed E-state index contributed by atoms with van der Waals surface area (Å²) in [6, 6.07) is 5.63. The van der Waals surface area contributed by atoms with E-state index in [2.05, 4.69) is 0 Å². The maximum Gasteiger partial charge on any atom is 0.303 e. The number of carbonyl (C=O) groups excluding carboxylic acids is 1. The van der Waals surface area contributed by atoms with E-state index in [4.69, 9.17) is 5.11 Å². The number of piperidine rings is 1. The van der Waals surface area contributed by atoms with Crippen molar-refractivity contribution >= 4 is 11.9 Å². The molecule has 4 nitrogen and oxygen atoms in total. The predicted molar refractivity (Wildman–Crippen MR) is 67.3 cm³/mol. The van der Waals surface area contributed by atoms with Crippen molar-refractivity contribution in [2.45, 2.75) is 19.3 Å². The SMILES string of the molecule is O=C(O)CC1CCN(C(=O)c2cccc(F)c2)CC1. The van der Waals surface area contributed by atoms with Gasteiger partial charge in [0.15, 0.2) is 0 Å². The van der Waals surface area contributed by atoms with Gasteiger partial charge >= 0.3 is 5.97 Å². The largest absolute Gasteiger partial charge is 0.481 e. The third-order valence-corrected chi connectivity index (χ3v) is 3.44. The molecule has 1 aromatic rings. The molecule has 19 heavy (non-hydrogen) atoms. The first kappa shape index (κ1) is 13.5. The number of hydrogen-bond acceptors (Lipinski definition) is 2. The highest BCUT2D eigenvalue weighted by Gasteiger charge is 2.25. The van der Waals surface area contributed by atoms with Crippen molar-refractivity contribution in [3.8, 4) is 0 Å². The molecule has 0 atom stereocenters. The standard InChI is InChI=1S/C14H16FNO3/c15-12-3-1-2-11(9-12)14(19)16-6-4-10(5-7-16)8-13(17)18/h1-3,9-10H,4-8H2,(H,17,18). The van der Waals surface area contributed by atoms with Crippen LogP contribution in [0.1, 0.15) is 29.6 Å². The van der Waals surface area contributed by atoms with Crippen molar-refractivity contribution in [1.82, 2.24) is 4.90 Å². The molecule has 0 aromatic heterocycles. The van der Waals surface area contributed by atoms with Gasteiger partial charge in [0.1, 0.15) is 5.82 Å². The number of carboxylic acid groups (broad SMARTS) is 1. The van der Waals surface area contributed by atoms with Gasteiger partial charge in [0.25, 0.3) is 5.91 Å². The van der Waals surface area contributed by atoms with Crippen LogP contribution in [0.5, 0.6) is 0 Å². The molecule has 1 amide bonds. The number of amides is 1. The molecule has 102 valence electrons. The summed E-state index contributed by atoms with van der Waals surface area (Å²) in [4.78, 5) is 24.4. The van der Waals surface area contributed by atoms with Gasteiger partial charge in [-0.25, -0.2) is 4.39 Å². The van der Waals surface area contributed by atoms with Gasteiger partial charge in [0.2, 0.25) is 0 Å². The molecule has 2 rings (SSSR count). The lowest BCUT2D eigenvalue weighted by atomic mass is 9.93.